The van der Waals surface area contributed by atoms with Crippen molar-refractivity contribution in [1.82, 2.24) is 0 Å². The number of hydrogen-bond acceptors (Lipinski definition) is 3. The molecule has 0 unspecified atom stereocenters. The van der Waals surface area contributed by atoms with Gasteiger partial charge in [0.15, 0.2) is 0 Å². The van der Waals surface area contributed by atoms with Crippen molar-refractivity contribution in [2.75, 3.05) is 26.2 Å². The second-order valence-electron chi connectivity index (χ2n) is 7.85. The van der Waals surface area contributed by atoms with Crippen LogP contribution in [-0.2, 0) is 14.5 Å². The van der Waals surface area contributed by atoms with Crippen molar-refractivity contribution in [2.45, 2.75) is 62.3 Å². The quantitative estimate of drug-likeness (QED) is 0.0788. The summed E-state index contributed by atoms with van der Waals surface area (Å²) in [7, 11) is -6.40. The van der Waals surface area contributed by atoms with E-state index in [1.165, 1.54) is 0 Å². The van der Waals surface area contributed by atoms with Crippen molar-refractivity contribution in [3.05, 3.63) is 50.6 Å². The largest absolute Gasteiger partial charge is 0.434 e. The summed E-state index contributed by atoms with van der Waals surface area (Å²) in [5.41, 5.74) is 0. The van der Waals surface area contributed by atoms with Crippen molar-refractivity contribution in [3.63, 3.8) is 0 Å². The van der Waals surface area contributed by atoms with E-state index in [2.05, 4.69) is 26.3 Å². The van der Waals surface area contributed by atoms with Gasteiger partial charge in [0.05, 0.1) is 26.2 Å². The Balaban J connectivity index is 0. The molecule has 35 heavy (non-hydrogen) atoms. The highest BCUT2D eigenvalue weighted by atomic mass is 32.2. The van der Waals surface area contributed by atoms with Crippen LogP contribution in [0.2, 0.25) is 0 Å². The molecule has 0 fully saturated rings. The number of hydrogen-bond donors (Lipinski definition) is 0. The van der Waals surface area contributed by atoms with Crippen molar-refractivity contribution < 1.29 is 52.5 Å². The molecular weight excluding hydrogens is 510 g/mol. The Morgan fingerprint density at radius 3 is 1.31 bits per heavy atom. The van der Waals surface area contributed by atoms with Crippen LogP contribution in [0.15, 0.2) is 50.6 Å². The minimum atomic E-state index is -6.40. The predicted molar refractivity (Wildman–Crippen MR) is 120 cm³/mol. The average molecular weight is 545 g/mol. The predicted octanol–water partition coefficient (Wildman–Crippen LogP) is 7.29. The highest BCUT2D eigenvalue weighted by Gasteiger charge is 2.66. The zero-order chi connectivity index (χ0) is 27.8. The lowest BCUT2D eigenvalue weighted by Gasteiger charge is -2.35. The van der Waals surface area contributed by atoms with Crippen molar-refractivity contribution in [1.29, 1.82) is 0 Å². The summed E-state index contributed by atoms with van der Waals surface area (Å²) >= 11 is 0. The number of nitrogens with zero attached hydrogens (tertiary/aromatic N) is 1. The first-order chi connectivity index (χ1) is 16.0. The lowest BCUT2D eigenvalue weighted by Crippen LogP contribution is -2.48. The zero-order valence-corrected chi connectivity index (χ0v) is 20.3. The molecule has 4 nitrogen and oxygen atoms in total. The third-order valence-electron chi connectivity index (χ3n) is 4.84. The number of unbranched alkanes of at least 4 members (excludes halogenated alkanes) is 4. The molecule has 0 aromatic heterocycles. The van der Waals surface area contributed by atoms with E-state index in [-0.39, 0.29) is 25.7 Å². The van der Waals surface area contributed by atoms with Gasteiger partial charge < -0.3 is 4.48 Å². The first-order valence-corrected chi connectivity index (χ1v) is 12.1. The maximum absolute atomic E-state index is 13.1. The van der Waals surface area contributed by atoms with Gasteiger partial charge in [0.2, 0.25) is 0 Å². The number of alkyl halides is 7. The summed E-state index contributed by atoms with van der Waals surface area (Å²) in [4.78, 5) is 0. The van der Waals surface area contributed by atoms with Crippen LogP contribution in [0.4, 0.5) is 35.3 Å². The van der Waals surface area contributed by atoms with Gasteiger partial charge in [-0.25, -0.2) is 0 Å². The molecule has 0 amide bonds. The monoisotopic (exact) mass is 544 g/mol. The van der Waals surface area contributed by atoms with Gasteiger partial charge in [0.25, 0.3) is 0 Å². The Kier molecular flexibility index (Phi) is 16.3. The van der Waals surface area contributed by atoms with Crippen molar-refractivity contribution in [3.8, 4) is 0 Å². The van der Waals surface area contributed by atoms with Gasteiger partial charge in [-0.3, -0.25) is 0 Å². The molecular formula is C22H34F8NO3S+. The highest BCUT2D eigenvalue weighted by Crippen LogP contribution is 2.43. The van der Waals surface area contributed by atoms with E-state index in [4.69, 9.17) is 0 Å². The molecule has 0 aromatic rings. The van der Waals surface area contributed by atoms with E-state index in [1.807, 2.05) is 28.7 Å². The fourth-order valence-electron chi connectivity index (χ4n) is 3.11. The Morgan fingerprint density at radius 1 is 0.657 bits per heavy atom. The normalized spacial score (nSPS) is 12.9. The molecule has 0 rings (SSSR count). The highest BCUT2D eigenvalue weighted by molar-refractivity contribution is 7.87. The third kappa shape index (κ3) is 13.2. The molecule has 0 saturated carbocycles. The van der Waals surface area contributed by atoms with Crippen LogP contribution in [0.3, 0.4) is 0 Å². The van der Waals surface area contributed by atoms with Gasteiger partial charge >= 0.3 is 27.5 Å². The SMILES string of the molecule is C=CC[N+](CC=C)(CC=C)CC=C.O=S(=O)(OF)C(F)(F)C(F)(F)CCCCCCCC(F)(F)F. The molecule has 0 aliphatic rings. The van der Waals surface area contributed by atoms with Crippen LogP contribution in [0, 0.1) is 0 Å². The van der Waals surface area contributed by atoms with Gasteiger partial charge in [-0.05, 0) is 41.7 Å². The molecule has 0 bridgehead atoms. The number of halogens is 8. The van der Waals surface area contributed by atoms with Crippen LogP contribution >= 0.6 is 0 Å². The van der Waals surface area contributed by atoms with Crippen LogP contribution in [0.25, 0.3) is 0 Å². The van der Waals surface area contributed by atoms with E-state index < -0.39 is 46.7 Å². The maximum atomic E-state index is 13.1. The van der Waals surface area contributed by atoms with Gasteiger partial charge in [-0.1, -0.05) is 50.0 Å². The smallest absolute Gasteiger partial charge is 0.311 e. The summed E-state index contributed by atoms with van der Waals surface area (Å²) in [6.45, 7) is 18.8. The Labute approximate surface area is 202 Å². The van der Waals surface area contributed by atoms with E-state index in [0.717, 1.165) is 30.7 Å². The fourth-order valence-corrected chi connectivity index (χ4v) is 3.66. The van der Waals surface area contributed by atoms with Crippen molar-refractivity contribution in [2.24, 2.45) is 0 Å². The van der Waals surface area contributed by atoms with Crippen LogP contribution in [0.1, 0.15) is 44.9 Å². The summed E-state index contributed by atoms with van der Waals surface area (Å²) in [6.07, 6.45) is 0.110. The van der Waals surface area contributed by atoms with Gasteiger partial charge in [-0.2, -0.15) is 39.2 Å². The Bertz CT molecular complexity index is 707. The van der Waals surface area contributed by atoms with E-state index >= 15 is 0 Å². The summed E-state index contributed by atoms with van der Waals surface area (Å²) < 4.78 is 122. The molecule has 0 aliphatic carbocycles. The van der Waals surface area contributed by atoms with Crippen LogP contribution < -0.4 is 0 Å². The standard InChI is InChI=1S/C12H20N.C10H14F8O3S/c1-5-9-13(10-6-2,11-7-3)12-8-4;11-8(12,10(16,17)22(19,20)21-18)6-4-2-1-3-5-7-9(13,14)15/h5-8H,1-4,9-12H2;1-7H2/q+1;. The maximum Gasteiger partial charge on any atom is 0.434 e. The first-order valence-electron chi connectivity index (χ1n) is 10.7. The molecule has 0 aliphatic heterocycles. The zero-order valence-electron chi connectivity index (χ0n) is 19.5. The first kappa shape index (κ1) is 35.4. The Morgan fingerprint density at radius 2 is 1.00 bits per heavy atom. The van der Waals surface area contributed by atoms with Gasteiger partial charge in [0, 0.05) is 12.8 Å². The van der Waals surface area contributed by atoms with Crippen LogP contribution in [0.5, 0.6) is 0 Å². The molecule has 13 heteroatoms. The minimum absolute atomic E-state index is 0.0629. The van der Waals surface area contributed by atoms with E-state index in [1.54, 1.807) is 0 Å². The summed E-state index contributed by atoms with van der Waals surface area (Å²) in [6, 6.07) is 0. The minimum Gasteiger partial charge on any atom is -0.311 e. The summed E-state index contributed by atoms with van der Waals surface area (Å²) in [5.74, 6) is -5.05. The molecule has 0 aromatic carbocycles. The van der Waals surface area contributed by atoms with E-state index in [0.29, 0.717) is 0 Å². The molecule has 0 radical (unpaired) electrons. The molecule has 0 atom stereocenters. The lowest BCUT2D eigenvalue weighted by molar-refractivity contribution is -0.906. The topological polar surface area (TPSA) is 43.4 Å². The molecule has 0 saturated heterocycles. The molecule has 206 valence electrons. The number of quaternary nitrogens is 1. The van der Waals surface area contributed by atoms with Crippen molar-refractivity contribution >= 4 is 10.1 Å². The van der Waals surface area contributed by atoms with Gasteiger partial charge in [0.1, 0.15) is 0 Å². The molecule has 0 heterocycles. The lowest BCUT2D eigenvalue weighted by atomic mass is 10.1. The van der Waals surface area contributed by atoms with Gasteiger partial charge in [-0.15, -0.1) is 0 Å². The molecule has 0 spiro atoms. The Hall–Kier alpha value is -1.73. The number of rotatable bonds is 18. The third-order valence-corrected chi connectivity index (χ3v) is 5.93. The van der Waals surface area contributed by atoms with E-state index in [9.17, 15) is 43.7 Å². The second kappa shape index (κ2) is 16.1. The molecule has 0 N–H and O–H groups in total. The van der Waals surface area contributed by atoms with Crippen LogP contribution in [-0.4, -0.2) is 56.4 Å². The fraction of sp³-hybridized carbons (Fsp3) is 0.636. The second-order valence-corrected chi connectivity index (χ2v) is 9.39. The average Bonchev–Trinajstić information content (AvgIpc) is 2.73. The summed E-state index contributed by atoms with van der Waals surface area (Å²) in [5, 5.41) is -5.73.